The number of allylic oxidation sites excluding steroid dienone is 1. The maximum Gasteiger partial charge on any atom is 0.416 e. The van der Waals surface area contributed by atoms with Crippen molar-refractivity contribution in [2.24, 2.45) is 0 Å². The van der Waals surface area contributed by atoms with Crippen molar-refractivity contribution in [3.05, 3.63) is 39.8 Å². The third-order valence-corrected chi connectivity index (χ3v) is 4.66. The summed E-state index contributed by atoms with van der Waals surface area (Å²) in [5, 5.41) is 1.10. The molecule has 0 saturated carbocycles. The molecule has 0 atom stereocenters. The van der Waals surface area contributed by atoms with Gasteiger partial charge in [-0.3, -0.25) is 19.3 Å². The monoisotopic (exact) mass is 426 g/mol. The van der Waals surface area contributed by atoms with E-state index in [-0.39, 0.29) is 11.0 Å². The Hall–Kier alpha value is -2.50. The second-order valence-electron chi connectivity index (χ2n) is 5.93. The molecule has 0 bridgehead atoms. The Morgan fingerprint density at radius 2 is 1.50 bits per heavy atom. The van der Waals surface area contributed by atoms with Crippen LogP contribution in [-0.2, 0) is 21.9 Å². The number of thioether (sulfide) groups is 1. The van der Waals surface area contributed by atoms with Gasteiger partial charge in [-0.25, -0.2) is 0 Å². The van der Waals surface area contributed by atoms with Gasteiger partial charge in [0.2, 0.25) is 5.91 Å². The first-order valence-corrected chi connectivity index (χ1v) is 8.32. The molecule has 3 amide bonds. The highest BCUT2D eigenvalue weighted by molar-refractivity contribution is 8.18. The van der Waals surface area contributed by atoms with Gasteiger partial charge in [0.15, 0.2) is 0 Å². The van der Waals surface area contributed by atoms with Gasteiger partial charge in [0.05, 0.1) is 16.0 Å². The van der Waals surface area contributed by atoms with Crippen molar-refractivity contribution in [3.63, 3.8) is 0 Å². The van der Waals surface area contributed by atoms with Crippen LogP contribution >= 0.6 is 11.8 Å². The van der Waals surface area contributed by atoms with Gasteiger partial charge in [0.25, 0.3) is 11.1 Å². The first-order chi connectivity index (χ1) is 12.7. The van der Waals surface area contributed by atoms with Gasteiger partial charge >= 0.3 is 12.4 Å². The van der Waals surface area contributed by atoms with Crippen LogP contribution in [0.5, 0.6) is 0 Å². The Labute approximate surface area is 158 Å². The number of nitrogens with zero attached hydrogens (tertiary/aromatic N) is 1. The molecule has 0 aromatic heterocycles. The average molecular weight is 426 g/mol. The van der Waals surface area contributed by atoms with Crippen molar-refractivity contribution in [3.8, 4) is 0 Å². The summed E-state index contributed by atoms with van der Waals surface area (Å²) in [5.41, 5.74) is -3.44. The molecule has 5 nitrogen and oxygen atoms in total. The molecule has 2 rings (SSSR count). The summed E-state index contributed by atoms with van der Waals surface area (Å²) in [5.74, 6) is -1.88. The molecule has 1 heterocycles. The van der Waals surface area contributed by atoms with E-state index in [0.717, 1.165) is 0 Å². The number of alkyl halides is 6. The predicted octanol–water partition coefficient (Wildman–Crippen LogP) is 4.65. The number of hydrogen-bond donors (Lipinski definition) is 1. The number of benzene rings is 1. The maximum atomic E-state index is 12.8. The van der Waals surface area contributed by atoms with Crippen molar-refractivity contribution in [2.75, 3.05) is 11.9 Å². The predicted molar refractivity (Wildman–Crippen MR) is 88.1 cm³/mol. The summed E-state index contributed by atoms with van der Waals surface area (Å²) in [6.07, 6.45) is -10.1. The molecule has 1 aliphatic heterocycles. The summed E-state index contributed by atoms with van der Waals surface area (Å²) in [6.45, 7) is 2.29. The number of imide groups is 1. The van der Waals surface area contributed by atoms with Crippen LogP contribution in [-0.4, -0.2) is 28.5 Å². The lowest BCUT2D eigenvalue weighted by molar-refractivity contribution is -0.143. The molecule has 28 heavy (non-hydrogen) atoms. The van der Waals surface area contributed by atoms with E-state index in [2.05, 4.69) is 0 Å². The molecule has 1 aromatic carbocycles. The molecule has 12 heteroatoms. The molecule has 1 saturated heterocycles. The zero-order chi connectivity index (χ0) is 21.4. The van der Waals surface area contributed by atoms with Crippen LogP contribution in [0.15, 0.2) is 28.7 Å². The highest BCUT2D eigenvalue weighted by Crippen LogP contribution is 2.37. The fraction of sp³-hybridized carbons (Fsp3) is 0.312. The van der Waals surface area contributed by atoms with Crippen molar-refractivity contribution < 1.29 is 40.7 Å². The summed E-state index contributed by atoms with van der Waals surface area (Å²) in [4.78, 5) is 36.6. The lowest BCUT2D eigenvalue weighted by atomic mass is 10.1. The van der Waals surface area contributed by atoms with Gasteiger partial charge in [-0.05, 0) is 43.8 Å². The molecule has 1 aliphatic rings. The van der Waals surface area contributed by atoms with Crippen LogP contribution < -0.4 is 5.32 Å². The van der Waals surface area contributed by atoms with Gasteiger partial charge in [-0.15, -0.1) is 0 Å². The summed E-state index contributed by atoms with van der Waals surface area (Å²) in [6, 6.07) is 0.578. The first kappa shape index (κ1) is 21.8. The zero-order valence-corrected chi connectivity index (χ0v) is 15.1. The maximum absolute atomic E-state index is 12.8. The first-order valence-electron chi connectivity index (χ1n) is 7.50. The zero-order valence-electron chi connectivity index (χ0n) is 14.3. The SMILES string of the molecule is CC(C)=C1SC(=O)N(CC(=O)Nc2cc(C(F)(F)F)cc(C(F)(F)F)c2)C1=O. The number of nitrogens with one attached hydrogen (secondary N) is 1. The number of hydrogen-bond acceptors (Lipinski definition) is 4. The molecule has 0 unspecified atom stereocenters. The number of carbonyl (C=O) groups is 3. The smallest absolute Gasteiger partial charge is 0.325 e. The Bertz CT molecular complexity index is 840. The molecule has 152 valence electrons. The third-order valence-electron chi connectivity index (χ3n) is 3.48. The van der Waals surface area contributed by atoms with Gasteiger partial charge in [-0.1, -0.05) is 5.57 Å². The highest BCUT2D eigenvalue weighted by Gasteiger charge is 2.38. The van der Waals surface area contributed by atoms with E-state index in [1.54, 1.807) is 13.8 Å². The molecule has 0 aliphatic carbocycles. The largest absolute Gasteiger partial charge is 0.416 e. The minimum atomic E-state index is -5.07. The summed E-state index contributed by atoms with van der Waals surface area (Å²) < 4.78 is 77.0. The van der Waals surface area contributed by atoms with Gasteiger partial charge < -0.3 is 5.32 Å². The van der Waals surface area contributed by atoms with E-state index in [1.807, 2.05) is 5.32 Å². The fourth-order valence-corrected chi connectivity index (χ4v) is 3.05. The standard InChI is InChI=1S/C16H12F6N2O3S/c1-7(2)12-13(26)24(14(27)28-12)6-11(25)23-10-4-8(15(17,18)19)3-9(5-10)16(20,21)22/h3-5H,6H2,1-2H3,(H,23,25). The van der Waals surface area contributed by atoms with Crippen LogP contribution in [0.25, 0.3) is 0 Å². The van der Waals surface area contributed by atoms with Gasteiger partial charge in [0, 0.05) is 5.69 Å². The minimum Gasteiger partial charge on any atom is -0.325 e. The molecule has 1 N–H and O–H groups in total. The molecule has 1 aromatic rings. The Morgan fingerprint density at radius 3 is 1.89 bits per heavy atom. The second-order valence-corrected chi connectivity index (χ2v) is 6.89. The van der Waals surface area contributed by atoms with E-state index in [0.29, 0.717) is 34.4 Å². The number of amides is 3. The molecule has 1 fully saturated rings. The number of carbonyl (C=O) groups excluding carboxylic acids is 3. The Kier molecular flexibility index (Phi) is 5.83. The van der Waals surface area contributed by atoms with E-state index in [4.69, 9.17) is 0 Å². The van der Waals surface area contributed by atoms with Crippen molar-refractivity contribution in [2.45, 2.75) is 26.2 Å². The fourth-order valence-electron chi connectivity index (χ4n) is 2.22. The average Bonchev–Trinajstić information content (AvgIpc) is 2.81. The molecular weight excluding hydrogens is 414 g/mol. The van der Waals surface area contributed by atoms with E-state index < -0.39 is 52.8 Å². The van der Waals surface area contributed by atoms with Crippen LogP contribution in [0.2, 0.25) is 0 Å². The number of anilines is 1. The second kappa shape index (κ2) is 7.49. The van der Waals surface area contributed by atoms with Gasteiger partial charge in [0.1, 0.15) is 6.54 Å². The Morgan fingerprint density at radius 1 is 1.00 bits per heavy atom. The molecule has 0 radical (unpaired) electrons. The van der Waals surface area contributed by atoms with E-state index in [1.165, 1.54) is 0 Å². The van der Waals surface area contributed by atoms with E-state index >= 15 is 0 Å². The lowest BCUT2D eigenvalue weighted by Gasteiger charge is -2.16. The summed E-state index contributed by atoms with van der Waals surface area (Å²) >= 11 is 0.589. The van der Waals surface area contributed by atoms with E-state index in [9.17, 15) is 40.7 Å². The van der Waals surface area contributed by atoms with Gasteiger partial charge in [-0.2, -0.15) is 26.3 Å². The lowest BCUT2D eigenvalue weighted by Crippen LogP contribution is -2.36. The Balaban J connectivity index is 2.26. The molecular formula is C16H12F6N2O3S. The quantitative estimate of drug-likeness (QED) is 0.565. The topological polar surface area (TPSA) is 66.5 Å². The number of rotatable bonds is 3. The van der Waals surface area contributed by atoms with Crippen LogP contribution in [0.3, 0.4) is 0 Å². The van der Waals surface area contributed by atoms with Crippen molar-refractivity contribution >= 4 is 34.5 Å². The minimum absolute atomic E-state index is 0.0824. The van der Waals surface area contributed by atoms with Crippen LogP contribution in [0.4, 0.5) is 36.8 Å². The van der Waals surface area contributed by atoms with Crippen LogP contribution in [0.1, 0.15) is 25.0 Å². The number of halogens is 6. The highest BCUT2D eigenvalue weighted by atomic mass is 32.2. The normalized spacial score (nSPS) is 15.3. The third kappa shape index (κ3) is 4.86. The summed E-state index contributed by atoms with van der Waals surface area (Å²) in [7, 11) is 0. The van der Waals surface area contributed by atoms with Crippen molar-refractivity contribution in [1.29, 1.82) is 0 Å². The molecule has 0 spiro atoms. The van der Waals surface area contributed by atoms with Crippen LogP contribution in [0, 0.1) is 0 Å². The van der Waals surface area contributed by atoms with Crippen molar-refractivity contribution in [1.82, 2.24) is 4.90 Å².